The predicted molar refractivity (Wildman–Crippen MR) is 73.2 cm³/mol. The van der Waals surface area contributed by atoms with Crippen LogP contribution in [0.25, 0.3) is 10.9 Å². The fourth-order valence-corrected chi connectivity index (χ4v) is 3.13. The highest BCUT2D eigenvalue weighted by molar-refractivity contribution is 5.85. The van der Waals surface area contributed by atoms with Gasteiger partial charge in [-0.1, -0.05) is 20.8 Å². The lowest BCUT2D eigenvalue weighted by Crippen LogP contribution is -2.26. The first kappa shape index (κ1) is 11.8. The first-order chi connectivity index (χ1) is 8.45. The molecule has 0 radical (unpaired) electrons. The van der Waals surface area contributed by atoms with Gasteiger partial charge in [0.25, 0.3) is 0 Å². The van der Waals surface area contributed by atoms with Crippen molar-refractivity contribution in [2.45, 2.75) is 40.0 Å². The SMILES string of the molecule is CC(C)(C)C1CCc2[nH]c3ccc(F)cc3c2C1. The lowest BCUT2D eigenvalue weighted by atomic mass is 9.71. The molecule has 0 fully saturated rings. The molecule has 1 unspecified atom stereocenters. The summed E-state index contributed by atoms with van der Waals surface area (Å²) in [7, 11) is 0. The number of aromatic nitrogens is 1. The van der Waals surface area contributed by atoms with Crippen molar-refractivity contribution in [2.24, 2.45) is 11.3 Å². The highest BCUT2D eigenvalue weighted by Crippen LogP contribution is 2.39. The Hall–Kier alpha value is -1.31. The number of aryl methyl sites for hydroxylation is 1. The highest BCUT2D eigenvalue weighted by atomic mass is 19.1. The Morgan fingerprint density at radius 1 is 1.28 bits per heavy atom. The van der Waals surface area contributed by atoms with E-state index in [0.29, 0.717) is 11.3 Å². The molecule has 1 nitrogen and oxygen atoms in total. The van der Waals surface area contributed by atoms with E-state index in [2.05, 4.69) is 25.8 Å². The molecular formula is C16H20FN. The van der Waals surface area contributed by atoms with Crippen LogP contribution in [0.15, 0.2) is 18.2 Å². The van der Waals surface area contributed by atoms with E-state index in [1.165, 1.54) is 23.7 Å². The first-order valence-corrected chi connectivity index (χ1v) is 6.74. The number of hydrogen-bond acceptors (Lipinski definition) is 0. The maximum Gasteiger partial charge on any atom is 0.123 e. The normalized spacial score (nSPS) is 20.1. The zero-order chi connectivity index (χ0) is 12.9. The molecule has 1 heterocycles. The van der Waals surface area contributed by atoms with Gasteiger partial charge in [0.15, 0.2) is 0 Å². The fourth-order valence-electron chi connectivity index (χ4n) is 3.13. The monoisotopic (exact) mass is 245 g/mol. The Balaban J connectivity index is 2.08. The minimum atomic E-state index is -0.137. The quantitative estimate of drug-likeness (QED) is 0.705. The van der Waals surface area contributed by atoms with Crippen LogP contribution in [-0.2, 0) is 12.8 Å². The summed E-state index contributed by atoms with van der Waals surface area (Å²) in [6.07, 6.45) is 3.39. The van der Waals surface area contributed by atoms with E-state index in [4.69, 9.17) is 0 Å². The molecule has 0 saturated carbocycles. The Morgan fingerprint density at radius 2 is 2.06 bits per heavy atom. The second-order valence-electron chi connectivity index (χ2n) is 6.58. The average molecular weight is 245 g/mol. The van der Waals surface area contributed by atoms with E-state index in [1.54, 1.807) is 6.07 Å². The molecule has 0 spiro atoms. The van der Waals surface area contributed by atoms with E-state index in [0.717, 1.165) is 23.7 Å². The summed E-state index contributed by atoms with van der Waals surface area (Å²) in [5.41, 5.74) is 4.07. The third-order valence-corrected chi connectivity index (χ3v) is 4.37. The van der Waals surface area contributed by atoms with Crippen molar-refractivity contribution in [3.8, 4) is 0 Å². The molecule has 0 amide bonds. The van der Waals surface area contributed by atoms with Gasteiger partial charge in [-0.15, -0.1) is 0 Å². The van der Waals surface area contributed by atoms with Crippen LogP contribution in [0, 0.1) is 17.2 Å². The molecular weight excluding hydrogens is 225 g/mol. The van der Waals surface area contributed by atoms with Crippen LogP contribution in [0.4, 0.5) is 4.39 Å². The van der Waals surface area contributed by atoms with Gasteiger partial charge in [0.2, 0.25) is 0 Å². The van der Waals surface area contributed by atoms with E-state index in [9.17, 15) is 4.39 Å². The van der Waals surface area contributed by atoms with Gasteiger partial charge in [0.1, 0.15) is 5.82 Å². The minimum Gasteiger partial charge on any atom is -0.358 e. The Morgan fingerprint density at radius 3 is 2.78 bits per heavy atom. The van der Waals surface area contributed by atoms with Crippen molar-refractivity contribution >= 4 is 10.9 Å². The molecule has 1 aromatic heterocycles. The molecule has 3 rings (SSSR count). The smallest absolute Gasteiger partial charge is 0.123 e. The standard InChI is InChI=1S/C16H20FN/c1-16(2,3)10-4-6-14-12(8-10)13-9-11(17)5-7-15(13)18-14/h5,7,9-10,18H,4,6,8H2,1-3H3. The van der Waals surface area contributed by atoms with Gasteiger partial charge >= 0.3 is 0 Å². The molecule has 18 heavy (non-hydrogen) atoms. The fraction of sp³-hybridized carbons (Fsp3) is 0.500. The van der Waals surface area contributed by atoms with Gasteiger partial charge in [0.05, 0.1) is 0 Å². The summed E-state index contributed by atoms with van der Waals surface area (Å²) < 4.78 is 13.4. The Bertz CT molecular complexity index is 589. The number of rotatable bonds is 0. The summed E-state index contributed by atoms with van der Waals surface area (Å²) in [4.78, 5) is 3.45. The minimum absolute atomic E-state index is 0.137. The number of benzene rings is 1. The number of nitrogens with one attached hydrogen (secondary N) is 1. The largest absolute Gasteiger partial charge is 0.358 e. The predicted octanol–water partition coefficient (Wildman–Crippen LogP) is 4.46. The third-order valence-electron chi connectivity index (χ3n) is 4.37. The molecule has 1 N–H and O–H groups in total. The molecule has 2 aromatic rings. The van der Waals surface area contributed by atoms with Crippen molar-refractivity contribution in [1.29, 1.82) is 0 Å². The maximum atomic E-state index is 13.4. The van der Waals surface area contributed by atoms with Crippen LogP contribution in [0.3, 0.4) is 0 Å². The lowest BCUT2D eigenvalue weighted by molar-refractivity contribution is 0.216. The zero-order valence-electron chi connectivity index (χ0n) is 11.3. The number of aromatic amines is 1. The van der Waals surface area contributed by atoms with Crippen LogP contribution in [0.5, 0.6) is 0 Å². The Kier molecular flexibility index (Phi) is 2.51. The highest BCUT2D eigenvalue weighted by Gasteiger charge is 2.30. The summed E-state index contributed by atoms with van der Waals surface area (Å²) in [6, 6.07) is 5.07. The van der Waals surface area contributed by atoms with E-state index >= 15 is 0 Å². The summed E-state index contributed by atoms with van der Waals surface area (Å²) >= 11 is 0. The van der Waals surface area contributed by atoms with Gasteiger partial charge < -0.3 is 4.98 Å². The van der Waals surface area contributed by atoms with Gasteiger partial charge in [-0.3, -0.25) is 0 Å². The molecule has 0 bridgehead atoms. The topological polar surface area (TPSA) is 15.8 Å². The number of hydrogen-bond donors (Lipinski definition) is 1. The van der Waals surface area contributed by atoms with Gasteiger partial charge in [-0.05, 0) is 54.4 Å². The summed E-state index contributed by atoms with van der Waals surface area (Å²) in [6.45, 7) is 6.91. The molecule has 0 aliphatic heterocycles. The summed E-state index contributed by atoms with van der Waals surface area (Å²) in [5.74, 6) is 0.550. The molecule has 2 heteroatoms. The van der Waals surface area contributed by atoms with Gasteiger partial charge in [-0.25, -0.2) is 4.39 Å². The van der Waals surface area contributed by atoms with E-state index in [-0.39, 0.29) is 5.82 Å². The molecule has 1 aliphatic carbocycles. The average Bonchev–Trinajstić information content (AvgIpc) is 2.65. The number of fused-ring (bicyclic) bond motifs is 3. The van der Waals surface area contributed by atoms with Crippen LogP contribution in [-0.4, -0.2) is 4.98 Å². The van der Waals surface area contributed by atoms with Crippen molar-refractivity contribution in [1.82, 2.24) is 4.98 Å². The van der Waals surface area contributed by atoms with E-state index < -0.39 is 0 Å². The molecule has 96 valence electrons. The molecule has 1 atom stereocenters. The Labute approximate surface area is 107 Å². The van der Waals surface area contributed by atoms with Gasteiger partial charge in [0, 0.05) is 16.6 Å². The van der Waals surface area contributed by atoms with Crippen molar-refractivity contribution < 1.29 is 4.39 Å². The van der Waals surface area contributed by atoms with Crippen molar-refractivity contribution in [3.05, 3.63) is 35.3 Å². The van der Waals surface area contributed by atoms with Crippen LogP contribution < -0.4 is 0 Å². The van der Waals surface area contributed by atoms with E-state index in [1.807, 2.05) is 6.07 Å². The number of halogens is 1. The molecule has 1 aliphatic rings. The second-order valence-corrected chi connectivity index (χ2v) is 6.58. The van der Waals surface area contributed by atoms with Crippen LogP contribution >= 0.6 is 0 Å². The van der Waals surface area contributed by atoms with Crippen LogP contribution in [0.2, 0.25) is 0 Å². The zero-order valence-corrected chi connectivity index (χ0v) is 11.3. The third kappa shape index (κ3) is 1.84. The maximum absolute atomic E-state index is 13.4. The summed E-state index contributed by atoms with van der Waals surface area (Å²) in [5, 5.41) is 1.08. The second kappa shape index (κ2) is 3.84. The van der Waals surface area contributed by atoms with Crippen LogP contribution in [0.1, 0.15) is 38.4 Å². The molecule has 0 saturated heterocycles. The lowest BCUT2D eigenvalue weighted by Gasteiger charge is -2.34. The van der Waals surface area contributed by atoms with Gasteiger partial charge in [-0.2, -0.15) is 0 Å². The molecule has 1 aromatic carbocycles. The first-order valence-electron chi connectivity index (χ1n) is 6.74. The van der Waals surface area contributed by atoms with Crippen molar-refractivity contribution in [2.75, 3.05) is 0 Å². The number of H-pyrrole nitrogens is 1. The van der Waals surface area contributed by atoms with Crippen molar-refractivity contribution in [3.63, 3.8) is 0 Å².